The molecule has 1 heterocycles. The largest absolute Gasteiger partial charge is 0.328 e. The number of fused-ring (bicyclic) bond motifs is 1. The number of likely N-dealkylation sites (N-methyl/N-ethyl adjacent to an activating group) is 1. The molecule has 0 bridgehead atoms. The lowest BCUT2D eigenvalue weighted by Crippen LogP contribution is -2.40. The Morgan fingerprint density at radius 3 is 2.76 bits per heavy atom. The minimum absolute atomic E-state index is 0.0648. The molecule has 17 heavy (non-hydrogen) atoms. The van der Waals surface area contributed by atoms with Gasteiger partial charge >= 0.3 is 5.69 Å². The highest BCUT2D eigenvalue weighted by molar-refractivity contribution is 5.76. The van der Waals surface area contributed by atoms with Crippen molar-refractivity contribution >= 4 is 10.9 Å². The number of hydrogen-bond acceptors (Lipinski definition) is 3. The molecular weight excluding hydrogens is 218 g/mol. The van der Waals surface area contributed by atoms with E-state index in [4.69, 9.17) is 0 Å². The summed E-state index contributed by atoms with van der Waals surface area (Å²) < 4.78 is 1.23. The molecule has 1 aromatic heterocycles. The van der Waals surface area contributed by atoms with E-state index in [-0.39, 0.29) is 17.3 Å². The van der Waals surface area contributed by atoms with Crippen LogP contribution in [-0.4, -0.2) is 22.6 Å². The van der Waals surface area contributed by atoms with Gasteiger partial charge in [-0.15, -0.1) is 0 Å². The van der Waals surface area contributed by atoms with Crippen LogP contribution in [0.15, 0.2) is 33.9 Å². The van der Waals surface area contributed by atoms with Gasteiger partial charge in [-0.25, -0.2) is 4.79 Å². The summed E-state index contributed by atoms with van der Waals surface area (Å²) in [6, 6.07) is 7.08. The molecule has 90 valence electrons. The topological polar surface area (TPSA) is 66.9 Å². The average molecular weight is 233 g/mol. The molecule has 5 heteroatoms. The van der Waals surface area contributed by atoms with E-state index >= 15 is 0 Å². The fourth-order valence-corrected chi connectivity index (χ4v) is 1.73. The molecule has 0 saturated heterocycles. The molecule has 1 unspecified atom stereocenters. The zero-order valence-electron chi connectivity index (χ0n) is 9.86. The molecule has 0 aliphatic carbocycles. The maximum absolute atomic E-state index is 12.1. The van der Waals surface area contributed by atoms with Crippen molar-refractivity contribution in [1.82, 2.24) is 14.9 Å². The minimum atomic E-state index is -0.365. The zero-order chi connectivity index (χ0) is 12.4. The smallest absolute Gasteiger partial charge is 0.315 e. The molecule has 0 amide bonds. The van der Waals surface area contributed by atoms with Gasteiger partial charge in [0.05, 0.1) is 10.9 Å². The lowest BCUT2D eigenvalue weighted by atomic mass is 10.2. The molecule has 2 aromatic rings. The highest BCUT2D eigenvalue weighted by atomic mass is 16.2. The SMILES string of the molecule is CNC(C)Cn1c(=O)[nH]c2ccccc2c1=O. The second-order valence-corrected chi connectivity index (χ2v) is 4.08. The molecule has 1 atom stereocenters. The molecule has 2 N–H and O–H groups in total. The molecule has 0 aliphatic heterocycles. The Kier molecular flexibility index (Phi) is 3.10. The van der Waals surface area contributed by atoms with Crippen molar-refractivity contribution in [2.24, 2.45) is 0 Å². The van der Waals surface area contributed by atoms with Gasteiger partial charge in [-0.2, -0.15) is 0 Å². The third-order valence-corrected chi connectivity index (χ3v) is 2.84. The molecule has 5 nitrogen and oxygen atoms in total. The van der Waals surface area contributed by atoms with Gasteiger partial charge in [-0.3, -0.25) is 9.36 Å². The van der Waals surface area contributed by atoms with Gasteiger partial charge in [0.2, 0.25) is 0 Å². The van der Waals surface area contributed by atoms with Crippen molar-refractivity contribution < 1.29 is 0 Å². The lowest BCUT2D eigenvalue weighted by molar-refractivity contribution is 0.492. The van der Waals surface area contributed by atoms with Gasteiger partial charge in [0.15, 0.2) is 0 Å². The van der Waals surface area contributed by atoms with Crippen molar-refractivity contribution in [3.05, 3.63) is 45.1 Å². The Labute approximate surface area is 98.1 Å². The first-order chi connectivity index (χ1) is 8.13. The van der Waals surface area contributed by atoms with Gasteiger partial charge in [0.1, 0.15) is 0 Å². The van der Waals surface area contributed by atoms with Crippen LogP contribution in [-0.2, 0) is 6.54 Å². The van der Waals surface area contributed by atoms with Crippen LogP contribution in [0.1, 0.15) is 6.92 Å². The Morgan fingerprint density at radius 2 is 2.06 bits per heavy atom. The van der Waals surface area contributed by atoms with Crippen molar-refractivity contribution in [1.29, 1.82) is 0 Å². The fourth-order valence-electron chi connectivity index (χ4n) is 1.73. The number of aromatic amines is 1. The first-order valence-electron chi connectivity index (χ1n) is 5.52. The van der Waals surface area contributed by atoms with Gasteiger partial charge in [0.25, 0.3) is 5.56 Å². The molecule has 2 rings (SSSR count). The van der Waals surface area contributed by atoms with Crippen molar-refractivity contribution in [2.45, 2.75) is 19.5 Å². The summed E-state index contributed by atoms with van der Waals surface area (Å²) in [5.74, 6) is 0. The normalized spacial score (nSPS) is 12.8. The lowest BCUT2D eigenvalue weighted by Gasteiger charge is -2.11. The van der Waals surface area contributed by atoms with Crippen LogP contribution in [0.5, 0.6) is 0 Å². The second-order valence-electron chi connectivity index (χ2n) is 4.08. The van der Waals surface area contributed by atoms with Crippen LogP contribution in [0.4, 0.5) is 0 Å². The third kappa shape index (κ3) is 2.14. The summed E-state index contributed by atoms with van der Waals surface area (Å²) in [7, 11) is 1.80. The van der Waals surface area contributed by atoms with E-state index in [1.807, 2.05) is 6.92 Å². The zero-order valence-corrected chi connectivity index (χ0v) is 9.86. The number of nitrogens with one attached hydrogen (secondary N) is 2. The van der Waals surface area contributed by atoms with E-state index in [1.54, 1.807) is 31.3 Å². The highest BCUT2D eigenvalue weighted by Gasteiger charge is 2.09. The minimum Gasteiger partial charge on any atom is -0.315 e. The van der Waals surface area contributed by atoms with E-state index in [2.05, 4.69) is 10.3 Å². The molecular formula is C12H15N3O2. The molecule has 0 radical (unpaired) electrons. The van der Waals surface area contributed by atoms with Crippen molar-refractivity contribution in [2.75, 3.05) is 7.05 Å². The van der Waals surface area contributed by atoms with Gasteiger partial charge in [-0.1, -0.05) is 12.1 Å². The number of H-pyrrole nitrogens is 1. The van der Waals surface area contributed by atoms with E-state index in [0.29, 0.717) is 17.4 Å². The third-order valence-electron chi connectivity index (χ3n) is 2.84. The summed E-state index contributed by atoms with van der Waals surface area (Å²) in [4.78, 5) is 26.6. The number of benzene rings is 1. The molecule has 0 aliphatic rings. The van der Waals surface area contributed by atoms with Gasteiger partial charge in [0, 0.05) is 12.6 Å². The quantitative estimate of drug-likeness (QED) is 0.801. The summed E-state index contributed by atoms with van der Waals surface area (Å²) >= 11 is 0. The summed E-state index contributed by atoms with van der Waals surface area (Å²) in [5.41, 5.74) is -0.0295. The van der Waals surface area contributed by atoms with E-state index in [0.717, 1.165) is 0 Å². The van der Waals surface area contributed by atoms with Crippen molar-refractivity contribution in [3.63, 3.8) is 0 Å². The Morgan fingerprint density at radius 1 is 1.35 bits per heavy atom. The standard InChI is InChI=1S/C12H15N3O2/c1-8(13-2)7-15-11(16)9-5-3-4-6-10(9)14-12(15)17/h3-6,8,13H,7H2,1-2H3,(H,14,17). The Bertz CT molecular complexity index is 642. The maximum atomic E-state index is 12.1. The Balaban J connectivity index is 2.64. The van der Waals surface area contributed by atoms with Crippen LogP contribution >= 0.6 is 0 Å². The predicted molar refractivity (Wildman–Crippen MR) is 67.4 cm³/mol. The average Bonchev–Trinajstić information content (AvgIpc) is 2.34. The number of nitrogens with zero attached hydrogens (tertiary/aromatic N) is 1. The van der Waals surface area contributed by atoms with Gasteiger partial charge < -0.3 is 10.3 Å². The maximum Gasteiger partial charge on any atom is 0.328 e. The molecule has 0 fully saturated rings. The molecule has 1 aromatic carbocycles. The first-order valence-corrected chi connectivity index (χ1v) is 5.52. The monoisotopic (exact) mass is 233 g/mol. The van der Waals surface area contributed by atoms with E-state index in [9.17, 15) is 9.59 Å². The second kappa shape index (κ2) is 4.55. The number of hydrogen-bond donors (Lipinski definition) is 2. The molecule has 0 spiro atoms. The van der Waals surface area contributed by atoms with Crippen LogP contribution in [0.2, 0.25) is 0 Å². The van der Waals surface area contributed by atoms with E-state index < -0.39 is 0 Å². The van der Waals surface area contributed by atoms with Crippen LogP contribution in [0, 0.1) is 0 Å². The van der Waals surface area contributed by atoms with Crippen LogP contribution in [0.3, 0.4) is 0 Å². The summed E-state index contributed by atoms with van der Waals surface area (Å²) in [6.45, 7) is 2.27. The van der Waals surface area contributed by atoms with Crippen LogP contribution in [0.25, 0.3) is 10.9 Å². The molecule has 0 saturated carbocycles. The summed E-state index contributed by atoms with van der Waals surface area (Å²) in [5, 5.41) is 3.54. The fraction of sp³-hybridized carbons (Fsp3) is 0.333. The first kappa shape index (κ1) is 11.6. The summed E-state index contributed by atoms with van der Waals surface area (Å²) in [6.07, 6.45) is 0. The number of para-hydroxylation sites is 1. The highest BCUT2D eigenvalue weighted by Crippen LogP contribution is 2.02. The Hall–Kier alpha value is -1.88. The number of rotatable bonds is 3. The van der Waals surface area contributed by atoms with Crippen molar-refractivity contribution in [3.8, 4) is 0 Å². The predicted octanol–water partition coefficient (Wildman–Crippen LogP) is 0.298. The van der Waals surface area contributed by atoms with Crippen LogP contribution < -0.4 is 16.6 Å². The van der Waals surface area contributed by atoms with E-state index in [1.165, 1.54) is 4.57 Å². The van der Waals surface area contributed by atoms with Gasteiger partial charge in [-0.05, 0) is 26.1 Å². The number of aromatic nitrogens is 2.